The molecule has 0 amide bonds. The minimum absolute atomic E-state index is 0.314. The number of nitrogens with zero attached hydrogens (tertiary/aromatic N) is 2. The van der Waals surface area contributed by atoms with Crippen molar-refractivity contribution in [3.63, 3.8) is 0 Å². The van der Waals surface area contributed by atoms with E-state index in [9.17, 15) is 5.26 Å². The van der Waals surface area contributed by atoms with Crippen molar-refractivity contribution in [2.75, 3.05) is 0 Å². The van der Waals surface area contributed by atoms with Crippen molar-refractivity contribution in [1.82, 2.24) is 4.57 Å². The van der Waals surface area contributed by atoms with Crippen molar-refractivity contribution in [1.29, 1.82) is 5.26 Å². The topological polar surface area (TPSA) is 41.9 Å². The Balaban J connectivity index is 1.38. The molecule has 0 spiro atoms. The van der Waals surface area contributed by atoms with Crippen LogP contribution < -0.4 is 0 Å². The first kappa shape index (κ1) is 23.2. The van der Waals surface area contributed by atoms with Crippen LogP contribution in [-0.4, -0.2) is 4.57 Å². The smallest absolute Gasteiger partial charge is 0.147 e. The molecule has 192 valence electrons. The van der Waals surface area contributed by atoms with Gasteiger partial charge in [-0.15, -0.1) is 0 Å². The predicted octanol–water partition coefficient (Wildman–Crippen LogP) is 10.0. The van der Waals surface area contributed by atoms with Gasteiger partial charge in [0.2, 0.25) is 0 Å². The third kappa shape index (κ3) is 3.50. The summed E-state index contributed by atoms with van der Waals surface area (Å²) >= 11 is 0. The van der Waals surface area contributed by atoms with Gasteiger partial charge in [-0.1, -0.05) is 78.9 Å². The molecule has 0 fully saturated rings. The van der Waals surface area contributed by atoms with Gasteiger partial charge in [0.15, 0.2) is 0 Å². The lowest BCUT2D eigenvalue weighted by molar-refractivity contribution is 0.621. The molecule has 0 bridgehead atoms. The number of aromatic nitrogens is 1. The lowest BCUT2D eigenvalue weighted by Crippen LogP contribution is -2.01. The Kier molecular flexibility index (Phi) is 5.07. The maximum atomic E-state index is 15.9. The number of benzene rings is 6. The standard InChI is InChI=1S/C37H21FN2O/c38-32-12-7-11-26(37(32)40-33-13-4-1-8-27(33)28-9-2-5-14-34(28)40)23-16-17-25(22-39)30(20-23)24-18-19-36-31(21-24)29-10-3-6-15-35(29)41-36/h1-21H. The Morgan fingerprint density at radius 1 is 0.561 bits per heavy atom. The predicted molar refractivity (Wildman–Crippen MR) is 164 cm³/mol. The van der Waals surface area contributed by atoms with Gasteiger partial charge in [-0.2, -0.15) is 5.26 Å². The summed E-state index contributed by atoms with van der Waals surface area (Å²) in [6.45, 7) is 0. The van der Waals surface area contributed by atoms with Crippen LogP contribution in [0.3, 0.4) is 0 Å². The Hall–Kier alpha value is -5.66. The van der Waals surface area contributed by atoms with Crippen LogP contribution >= 0.6 is 0 Å². The lowest BCUT2D eigenvalue weighted by atomic mass is 9.93. The normalized spacial score (nSPS) is 11.5. The second kappa shape index (κ2) is 8.94. The number of nitriles is 1. The number of fused-ring (bicyclic) bond motifs is 6. The molecule has 2 aromatic heterocycles. The van der Waals surface area contributed by atoms with Crippen LogP contribution in [0, 0.1) is 17.1 Å². The second-order valence-electron chi connectivity index (χ2n) is 10.2. The Morgan fingerprint density at radius 2 is 1.20 bits per heavy atom. The maximum Gasteiger partial charge on any atom is 0.147 e. The second-order valence-corrected chi connectivity index (χ2v) is 10.2. The van der Waals surface area contributed by atoms with E-state index in [4.69, 9.17) is 4.42 Å². The van der Waals surface area contributed by atoms with E-state index in [0.717, 1.165) is 66.0 Å². The number of hydrogen-bond donors (Lipinski definition) is 0. The molecule has 0 N–H and O–H groups in total. The van der Waals surface area contributed by atoms with Gasteiger partial charge < -0.3 is 8.98 Å². The Morgan fingerprint density at radius 3 is 1.95 bits per heavy atom. The van der Waals surface area contributed by atoms with Crippen molar-refractivity contribution < 1.29 is 8.81 Å². The summed E-state index contributed by atoms with van der Waals surface area (Å²) in [7, 11) is 0. The number of rotatable bonds is 3. The van der Waals surface area contributed by atoms with Gasteiger partial charge in [-0.3, -0.25) is 0 Å². The van der Waals surface area contributed by atoms with Crippen LogP contribution in [0.2, 0.25) is 0 Å². The summed E-state index contributed by atoms with van der Waals surface area (Å²) in [5, 5.41) is 14.2. The van der Waals surface area contributed by atoms with Crippen LogP contribution in [0.4, 0.5) is 4.39 Å². The first-order valence-corrected chi connectivity index (χ1v) is 13.4. The van der Waals surface area contributed by atoms with E-state index >= 15 is 4.39 Å². The zero-order valence-electron chi connectivity index (χ0n) is 21.8. The summed E-state index contributed by atoms with van der Waals surface area (Å²) < 4.78 is 24.0. The van der Waals surface area contributed by atoms with Crippen LogP contribution in [0.15, 0.2) is 132 Å². The fourth-order valence-electron chi connectivity index (χ4n) is 6.08. The summed E-state index contributed by atoms with van der Waals surface area (Å²) in [6, 6.07) is 43.4. The van der Waals surface area contributed by atoms with Crippen molar-refractivity contribution in [2.24, 2.45) is 0 Å². The van der Waals surface area contributed by atoms with E-state index in [-0.39, 0.29) is 5.82 Å². The number of furan rings is 1. The van der Waals surface area contributed by atoms with E-state index in [1.165, 1.54) is 6.07 Å². The van der Waals surface area contributed by atoms with E-state index in [1.54, 1.807) is 6.07 Å². The molecule has 0 aliphatic carbocycles. The molecule has 41 heavy (non-hydrogen) atoms. The van der Waals surface area contributed by atoms with Crippen LogP contribution in [0.25, 0.3) is 71.7 Å². The summed E-state index contributed by atoms with van der Waals surface area (Å²) in [5.41, 5.74) is 7.79. The van der Waals surface area contributed by atoms with Crippen molar-refractivity contribution in [3.8, 4) is 34.0 Å². The average Bonchev–Trinajstić information content (AvgIpc) is 3.56. The quantitative estimate of drug-likeness (QED) is 0.229. The fraction of sp³-hybridized carbons (Fsp3) is 0. The number of halogens is 1. The van der Waals surface area contributed by atoms with Gasteiger partial charge in [-0.05, 0) is 59.7 Å². The zero-order valence-corrected chi connectivity index (χ0v) is 21.8. The van der Waals surface area contributed by atoms with Crippen molar-refractivity contribution in [2.45, 2.75) is 0 Å². The molecule has 2 heterocycles. The SMILES string of the molecule is N#Cc1ccc(-c2cccc(F)c2-n2c3ccccc3c3ccccc32)cc1-c1ccc2oc3ccccc3c2c1. The Labute approximate surface area is 234 Å². The monoisotopic (exact) mass is 528 g/mol. The van der Waals surface area contributed by atoms with Crippen molar-refractivity contribution >= 4 is 43.7 Å². The third-order valence-electron chi connectivity index (χ3n) is 7.93. The highest BCUT2D eigenvalue weighted by atomic mass is 19.1. The average molecular weight is 529 g/mol. The summed E-state index contributed by atoms with van der Waals surface area (Å²) in [6.07, 6.45) is 0. The lowest BCUT2D eigenvalue weighted by Gasteiger charge is -2.16. The zero-order chi connectivity index (χ0) is 27.5. The largest absolute Gasteiger partial charge is 0.456 e. The highest BCUT2D eigenvalue weighted by Crippen LogP contribution is 2.40. The van der Waals surface area contributed by atoms with Crippen molar-refractivity contribution in [3.05, 3.63) is 139 Å². The van der Waals surface area contributed by atoms with E-state index in [1.807, 2.05) is 102 Å². The molecule has 0 saturated heterocycles. The van der Waals surface area contributed by atoms with Crippen LogP contribution in [0.1, 0.15) is 5.56 Å². The first-order valence-electron chi connectivity index (χ1n) is 13.4. The number of hydrogen-bond acceptors (Lipinski definition) is 2. The molecular formula is C37H21FN2O. The molecule has 0 aliphatic rings. The van der Waals surface area contributed by atoms with Crippen LogP contribution in [-0.2, 0) is 0 Å². The molecule has 0 radical (unpaired) electrons. The minimum atomic E-state index is -0.314. The Bertz CT molecular complexity index is 2300. The molecule has 6 aromatic carbocycles. The van der Waals surface area contributed by atoms with Gasteiger partial charge in [0.05, 0.1) is 28.4 Å². The molecule has 0 aliphatic heterocycles. The third-order valence-corrected chi connectivity index (χ3v) is 7.93. The van der Waals surface area contributed by atoms with Gasteiger partial charge in [-0.25, -0.2) is 4.39 Å². The molecule has 0 atom stereocenters. The molecule has 8 rings (SSSR count). The highest BCUT2D eigenvalue weighted by molar-refractivity contribution is 6.10. The first-order chi connectivity index (χ1) is 20.2. The molecule has 8 aromatic rings. The summed E-state index contributed by atoms with van der Waals surface area (Å²) in [5.74, 6) is -0.314. The van der Waals surface area contributed by atoms with Gasteiger partial charge in [0, 0.05) is 32.7 Å². The summed E-state index contributed by atoms with van der Waals surface area (Å²) in [4.78, 5) is 0. The van der Waals surface area contributed by atoms with Crippen LogP contribution in [0.5, 0.6) is 0 Å². The van der Waals surface area contributed by atoms with E-state index < -0.39 is 0 Å². The number of para-hydroxylation sites is 4. The van der Waals surface area contributed by atoms with E-state index in [0.29, 0.717) is 11.3 Å². The molecule has 0 unspecified atom stereocenters. The highest BCUT2D eigenvalue weighted by Gasteiger charge is 2.20. The van der Waals surface area contributed by atoms with Gasteiger partial charge in [0.25, 0.3) is 0 Å². The molecule has 0 saturated carbocycles. The minimum Gasteiger partial charge on any atom is -0.456 e. The maximum absolute atomic E-state index is 15.9. The molecule has 3 nitrogen and oxygen atoms in total. The molecular weight excluding hydrogens is 507 g/mol. The van der Waals surface area contributed by atoms with E-state index in [2.05, 4.69) is 24.3 Å². The molecule has 4 heteroatoms. The van der Waals surface area contributed by atoms with Gasteiger partial charge >= 0.3 is 0 Å². The fourth-order valence-corrected chi connectivity index (χ4v) is 6.08. The van der Waals surface area contributed by atoms with Gasteiger partial charge in [0.1, 0.15) is 17.0 Å².